The molecule has 0 radical (unpaired) electrons. The van der Waals surface area contributed by atoms with E-state index in [4.69, 9.17) is 9.63 Å². The molecule has 2 atom stereocenters. The highest BCUT2D eigenvalue weighted by molar-refractivity contribution is 8.56. The molecular formula is C17H27N2O6PS. The molecule has 8 nitrogen and oxygen atoms in total. The predicted molar refractivity (Wildman–Crippen MR) is 107 cm³/mol. The summed E-state index contributed by atoms with van der Waals surface area (Å²) in [5, 5.41) is 22.3. The Morgan fingerprint density at radius 2 is 1.85 bits per heavy atom. The second-order valence-corrected chi connectivity index (χ2v) is 10.4. The van der Waals surface area contributed by atoms with Crippen LogP contribution in [-0.2, 0) is 9.36 Å². The minimum absolute atomic E-state index is 0.108. The van der Waals surface area contributed by atoms with Crippen LogP contribution in [-0.4, -0.2) is 27.8 Å². The molecule has 0 amide bonds. The number of nitrogens with zero attached hydrogens (tertiary/aromatic N) is 1. The summed E-state index contributed by atoms with van der Waals surface area (Å²) in [7, 11) is 0. The van der Waals surface area contributed by atoms with Crippen molar-refractivity contribution in [1.82, 2.24) is 5.09 Å². The van der Waals surface area contributed by atoms with Gasteiger partial charge in [0.05, 0.1) is 4.92 Å². The van der Waals surface area contributed by atoms with Gasteiger partial charge in [-0.05, 0) is 36.9 Å². The molecule has 0 bridgehead atoms. The van der Waals surface area contributed by atoms with Crippen LogP contribution < -0.4 is 9.61 Å². The molecule has 2 unspecified atom stereocenters. The number of nitrogens with one attached hydrogen (secondary N) is 1. The summed E-state index contributed by atoms with van der Waals surface area (Å²) in [5.41, 5.74) is -0.108. The van der Waals surface area contributed by atoms with Crippen LogP contribution in [0.25, 0.3) is 0 Å². The van der Waals surface area contributed by atoms with Crippen LogP contribution in [0.4, 0.5) is 5.69 Å². The van der Waals surface area contributed by atoms with Gasteiger partial charge in [-0.15, -0.1) is 0 Å². The third-order valence-corrected chi connectivity index (χ3v) is 7.83. The number of carboxylic acids is 1. The van der Waals surface area contributed by atoms with Crippen LogP contribution in [0.2, 0.25) is 0 Å². The molecule has 152 valence electrons. The Balaban J connectivity index is 2.68. The summed E-state index contributed by atoms with van der Waals surface area (Å²) in [4.78, 5) is 21.3. The fraction of sp³-hybridized carbons (Fsp3) is 0.588. The molecule has 2 N–H and O–H groups in total. The second-order valence-electron chi connectivity index (χ2n) is 6.13. The number of nitro groups is 1. The monoisotopic (exact) mass is 418 g/mol. The number of benzene rings is 1. The van der Waals surface area contributed by atoms with Crippen molar-refractivity contribution in [3.05, 3.63) is 34.4 Å². The molecule has 1 aromatic carbocycles. The topological polar surface area (TPSA) is 119 Å². The molecule has 0 aromatic heterocycles. The molecule has 1 aromatic rings. The van der Waals surface area contributed by atoms with E-state index in [-0.39, 0.29) is 11.4 Å². The Bertz CT molecular complexity index is 655. The Morgan fingerprint density at radius 1 is 1.26 bits per heavy atom. The Labute approximate surface area is 163 Å². The number of carboxylic acid groups (broad SMARTS) is 1. The van der Waals surface area contributed by atoms with Gasteiger partial charge in [0.25, 0.3) is 5.69 Å². The quantitative estimate of drug-likeness (QED) is 0.182. The Morgan fingerprint density at radius 3 is 2.41 bits per heavy atom. The summed E-state index contributed by atoms with van der Waals surface area (Å²) in [6.07, 6.45) is 6.52. The van der Waals surface area contributed by atoms with E-state index >= 15 is 0 Å². The SMILES string of the molecule is CCCCCCCCSP(=O)(NC(C)C(=O)O)Oc1ccc([N+](=O)[O-])cc1. The van der Waals surface area contributed by atoms with Crippen LogP contribution >= 0.6 is 18.1 Å². The molecule has 0 saturated heterocycles. The molecule has 1 rings (SSSR count). The van der Waals surface area contributed by atoms with Gasteiger partial charge in [-0.2, -0.15) is 0 Å². The lowest BCUT2D eigenvalue weighted by molar-refractivity contribution is -0.384. The zero-order valence-corrected chi connectivity index (χ0v) is 17.3. The average molecular weight is 418 g/mol. The summed E-state index contributed by atoms with van der Waals surface area (Å²) in [6.45, 7) is 0.00264. The van der Waals surface area contributed by atoms with Gasteiger partial charge in [-0.25, -0.2) is 9.65 Å². The molecule has 0 aliphatic heterocycles. The number of hydrogen-bond acceptors (Lipinski definition) is 6. The van der Waals surface area contributed by atoms with Gasteiger partial charge in [0.1, 0.15) is 11.8 Å². The molecule has 0 saturated carbocycles. The zero-order chi connectivity index (χ0) is 20.3. The van der Waals surface area contributed by atoms with Crippen LogP contribution in [0, 0.1) is 10.1 Å². The van der Waals surface area contributed by atoms with Crippen molar-refractivity contribution in [2.45, 2.75) is 58.4 Å². The molecule has 0 aliphatic carbocycles. The molecular weight excluding hydrogens is 391 g/mol. The van der Waals surface area contributed by atoms with Crippen molar-refractivity contribution in [3.63, 3.8) is 0 Å². The number of nitro benzene ring substituents is 1. The van der Waals surface area contributed by atoms with E-state index in [0.717, 1.165) is 30.6 Å². The third kappa shape index (κ3) is 9.26. The molecule has 0 heterocycles. The first kappa shape index (κ1) is 23.5. The maximum atomic E-state index is 13.1. The minimum atomic E-state index is -3.54. The van der Waals surface area contributed by atoms with Crippen molar-refractivity contribution < 1.29 is 23.9 Å². The number of unbranched alkanes of at least 4 members (excludes halogenated alkanes) is 5. The summed E-state index contributed by atoms with van der Waals surface area (Å²) in [6, 6.07) is 4.15. The van der Waals surface area contributed by atoms with E-state index in [1.807, 2.05) is 0 Å². The van der Waals surface area contributed by atoms with Gasteiger partial charge in [0.2, 0.25) is 0 Å². The molecule has 10 heteroatoms. The Kier molecular flexibility index (Phi) is 10.4. The second kappa shape index (κ2) is 12.0. The van der Waals surface area contributed by atoms with Crippen molar-refractivity contribution in [2.75, 3.05) is 5.75 Å². The summed E-state index contributed by atoms with van der Waals surface area (Å²) in [5.74, 6) is -0.387. The molecule has 0 spiro atoms. The standard InChI is InChI=1S/C17H27N2O6PS/c1-3-4-5-6-7-8-13-27-26(24,18-14(2)17(20)21)25-16-11-9-15(10-12-16)19(22)23/h9-12,14H,3-8,13H2,1-2H3,(H,18,24)(H,20,21). The van der Waals surface area contributed by atoms with Crippen molar-refractivity contribution in [2.24, 2.45) is 0 Å². The van der Waals surface area contributed by atoms with E-state index in [1.165, 1.54) is 50.5 Å². The average Bonchev–Trinajstić information content (AvgIpc) is 2.61. The van der Waals surface area contributed by atoms with Crippen LogP contribution in [0.5, 0.6) is 5.75 Å². The number of carbonyl (C=O) groups is 1. The lowest BCUT2D eigenvalue weighted by Gasteiger charge is -2.21. The van der Waals surface area contributed by atoms with E-state index in [2.05, 4.69) is 12.0 Å². The number of rotatable bonds is 14. The fourth-order valence-electron chi connectivity index (χ4n) is 2.22. The van der Waals surface area contributed by atoms with Gasteiger partial charge in [0.15, 0.2) is 0 Å². The first-order valence-electron chi connectivity index (χ1n) is 8.96. The number of hydrogen-bond donors (Lipinski definition) is 2. The van der Waals surface area contributed by atoms with E-state index in [1.54, 1.807) is 0 Å². The highest BCUT2D eigenvalue weighted by Crippen LogP contribution is 2.56. The first-order valence-corrected chi connectivity index (χ1v) is 12.2. The molecule has 0 aliphatic rings. The minimum Gasteiger partial charge on any atom is -0.480 e. The van der Waals surface area contributed by atoms with E-state index < -0.39 is 23.7 Å². The Hall–Kier alpha value is -1.57. The highest BCUT2D eigenvalue weighted by Gasteiger charge is 2.30. The third-order valence-electron chi connectivity index (χ3n) is 3.75. The number of non-ortho nitro benzene ring substituents is 1. The van der Waals surface area contributed by atoms with Crippen LogP contribution in [0.15, 0.2) is 24.3 Å². The lowest BCUT2D eigenvalue weighted by Crippen LogP contribution is -2.31. The highest BCUT2D eigenvalue weighted by atomic mass is 32.7. The van der Waals surface area contributed by atoms with Gasteiger partial charge >= 0.3 is 12.7 Å². The van der Waals surface area contributed by atoms with Gasteiger partial charge < -0.3 is 9.63 Å². The lowest BCUT2D eigenvalue weighted by atomic mass is 10.1. The van der Waals surface area contributed by atoms with Crippen molar-refractivity contribution in [1.29, 1.82) is 0 Å². The predicted octanol–water partition coefficient (Wildman–Crippen LogP) is 5.24. The summed E-state index contributed by atoms with van der Waals surface area (Å²) >= 11 is 1.06. The maximum Gasteiger partial charge on any atom is 0.375 e. The first-order chi connectivity index (χ1) is 12.8. The fourth-order valence-corrected chi connectivity index (χ4v) is 6.18. The van der Waals surface area contributed by atoms with E-state index in [9.17, 15) is 19.5 Å². The normalized spacial score (nSPS) is 14.3. The maximum absolute atomic E-state index is 13.1. The zero-order valence-electron chi connectivity index (χ0n) is 15.6. The van der Waals surface area contributed by atoms with Crippen LogP contribution in [0.3, 0.4) is 0 Å². The molecule has 0 fully saturated rings. The molecule has 27 heavy (non-hydrogen) atoms. The van der Waals surface area contributed by atoms with Crippen molar-refractivity contribution in [3.8, 4) is 5.75 Å². The van der Waals surface area contributed by atoms with Gasteiger partial charge in [-0.3, -0.25) is 14.9 Å². The van der Waals surface area contributed by atoms with Gasteiger partial charge in [-0.1, -0.05) is 39.0 Å². The van der Waals surface area contributed by atoms with Gasteiger partial charge in [0, 0.05) is 17.9 Å². The number of aliphatic carboxylic acids is 1. The van der Waals surface area contributed by atoms with Crippen LogP contribution in [0.1, 0.15) is 52.4 Å². The largest absolute Gasteiger partial charge is 0.480 e. The van der Waals surface area contributed by atoms with Crippen molar-refractivity contribution >= 4 is 29.8 Å². The van der Waals surface area contributed by atoms with E-state index in [0.29, 0.717) is 5.75 Å². The smallest absolute Gasteiger partial charge is 0.375 e. The summed E-state index contributed by atoms with van der Waals surface area (Å²) < 4.78 is 18.6.